The van der Waals surface area contributed by atoms with Gasteiger partial charge in [0, 0.05) is 12.6 Å². The Bertz CT molecular complexity index is 885. The first-order chi connectivity index (χ1) is 16.5. The molecule has 4 atom stereocenters. The molecule has 3 amide bonds. The molecular formula is C25H37N3O7. The van der Waals surface area contributed by atoms with E-state index in [1.54, 1.807) is 58.0 Å². The van der Waals surface area contributed by atoms with E-state index in [-0.39, 0.29) is 31.5 Å². The molecule has 0 aromatic heterocycles. The number of hydrogen-bond donors (Lipinski definition) is 3. The fourth-order valence-electron chi connectivity index (χ4n) is 3.68. The van der Waals surface area contributed by atoms with Gasteiger partial charge in [-0.3, -0.25) is 14.4 Å². The molecule has 0 saturated heterocycles. The third-order valence-corrected chi connectivity index (χ3v) is 5.43. The first-order valence-corrected chi connectivity index (χ1v) is 11.9. The molecule has 0 spiro atoms. The van der Waals surface area contributed by atoms with Crippen molar-refractivity contribution in [2.45, 2.75) is 71.2 Å². The lowest BCUT2D eigenvalue weighted by Gasteiger charge is -2.34. The molecule has 0 heterocycles. The number of benzene rings is 1. The van der Waals surface area contributed by atoms with Gasteiger partial charge < -0.3 is 30.1 Å². The molecule has 1 aromatic rings. The minimum absolute atomic E-state index is 0.00562. The zero-order chi connectivity index (χ0) is 26.2. The summed E-state index contributed by atoms with van der Waals surface area (Å²) in [6.07, 6.45) is -0.173. The Labute approximate surface area is 206 Å². The molecule has 1 fully saturated rings. The number of hydrogen-bond acceptors (Lipinski definition) is 7. The fraction of sp³-hybridized carbons (Fsp3) is 0.600. The quantitative estimate of drug-likeness (QED) is 0.403. The highest BCUT2D eigenvalue weighted by molar-refractivity contribution is 5.92. The van der Waals surface area contributed by atoms with Crippen LogP contribution in [0, 0.1) is 5.92 Å². The van der Waals surface area contributed by atoms with E-state index in [0.717, 1.165) is 0 Å². The van der Waals surface area contributed by atoms with Crippen molar-refractivity contribution in [3.8, 4) is 0 Å². The van der Waals surface area contributed by atoms with Crippen molar-refractivity contribution in [1.82, 2.24) is 15.5 Å². The van der Waals surface area contributed by atoms with Crippen LogP contribution in [0.1, 0.15) is 59.1 Å². The van der Waals surface area contributed by atoms with Gasteiger partial charge in [-0.1, -0.05) is 37.3 Å². The SMILES string of the molecule is CCOC(=O)CCNC(=O)C(c1ccccc1)N(C(=O)C(CO)NC(=O)OC(C)(C)C)C1CC1C. The van der Waals surface area contributed by atoms with Crippen LogP contribution in [-0.4, -0.2) is 71.3 Å². The predicted molar refractivity (Wildman–Crippen MR) is 128 cm³/mol. The number of nitrogens with one attached hydrogen (secondary N) is 2. The summed E-state index contributed by atoms with van der Waals surface area (Å²) in [7, 11) is 0. The van der Waals surface area contributed by atoms with Crippen LogP contribution in [0.5, 0.6) is 0 Å². The molecule has 4 unspecified atom stereocenters. The molecule has 0 aliphatic heterocycles. The van der Waals surface area contributed by atoms with E-state index in [4.69, 9.17) is 9.47 Å². The summed E-state index contributed by atoms with van der Waals surface area (Å²) in [5, 5.41) is 15.1. The van der Waals surface area contributed by atoms with Gasteiger partial charge in [0.25, 0.3) is 0 Å². The molecule has 1 aliphatic rings. The minimum Gasteiger partial charge on any atom is -0.466 e. The van der Waals surface area contributed by atoms with E-state index < -0.39 is 48.2 Å². The molecule has 0 bridgehead atoms. The number of carbonyl (C=O) groups is 4. The smallest absolute Gasteiger partial charge is 0.408 e. The van der Waals surface area contributed by atoms with E-state index in [1.807, 2.05) is 6.92 Å². The molecule has 35 heavy (non-hydrogen) atoms. The Hall–Kier alpha value is -3.14. The highest BCUT2D eigenvalue weighted by Gasteiger charge is 2.48. The maximum atomic E-state index is 13.6. The number of aliphatic hydroxyl groups is 1. The molecule has 0 radical (unpaired) electrons. The summed E-state index contributed by atoms with van der Waals surface area (Å²) in [6.45, 7) is 8.34. The molecule has 2 rings (SSSR count). The summed E-state index contributed by atoms with van der Waals surface area (Å²) in [5.41, 5.74) is -0.217. The monoisotopic (exact) mass is 491 g/mol. The van der Waals surface area contributed by atoms with E-state index >= 15 is 0 Å². The van der Waals surface area contributed by atoms with Crippen LogP contribution >= 0.6 is 0 Å². The van der Waals surface area contributed by atoms with Crippen molar-refractivity contribution in [2.24, 2.45) is 5.92 Å². The van der Waals surface area contributed by atoms with Gasteiger partial charge in [-0.15, -0.1) is 0 Å². The molecular weight excluding hydrogens is 454 g/mol. The van der Waals surface area contributed by atoms with Crippen LogP contribution in [0.3, 0.4) is 0 Å². The van der Waals surface area contributed by atoms with Gasteiger partial charge in [0.2, 0.25) is 11.8 Å². The number of alkyl carbamates (subject to hydrolysis) is 1. The second-order valence-corrected chi connectivity index (χ2v) is 9.57. The Morgan fingerprint density at radius 3 is 2.31 bits per heavy atom. The van der Waals surface area contributed by atoms with Crippen molar-refractivity contribution in [3.05, 3.63) is 35.9 Å². The average Bonchev–Trinajstić information content (AvgIpc) is 3.50. The number of amides is 3. The number of ether oxygens (including phenoxy) is 2. The minimum atomic E-state index is -1.30. The van der Waals surface area contributed by atoms with Crippen molar-refractivity contribution in [3.63, 3.8) is 0 Å². The molecule has 1 aliphatic carbocycles. The van der Waals surface area contributed by atoms with E-state index in [9.17, 15) is 24.3 Å². The third kappa shape index (κ3) is 8.54. The van der Waals surface area contributed by atoms with Crippen LogP contribution in [0.15, 0.2) is 30.3 Å². The zero-order valence-electron chi connectivity index (χ0n) is 21.1. The molecule has 1 aromatic carbocycles. The summed E-state index contributed by atoms with van der Waals surface area (Å²) in [5.74, 6) is -1.36. The lowest BCUT2D eigenvalue weighted by atomic mass is 10.0. The second-order valence-electron chi connectivity index (χ2n) is 9.57. The number of nitrogens with zero attached hydrogens (tertiary/aromatic N) is 1. The normalized spacial score (nSPS) is 18.6. The molecule has 1 saturated carbocycles. The number of rotatable bonds is 11. The van der Waals surface area contributed by atoms with E-state index in [0.29, 0.717) is 12.0 Å². The van der Waals surface area contributed by atoms with Crippen molar-refractivity contribution in [1.29, 1.82) is 0 Å². The average molecular weight is 492 g/mol. The van der Waals surface area contributed by atoms with Gasteiger partial charge in [-0.05, 0) is 45.6 Å². The first-order valence-electron chi connectivity index (χ1n) is 11.9. The van der Waals surface area contributed by atoms with Crippen LogP contribution < -0.4 is 10.6 Å². The molecule has 10 heteroatoms. The Kier molecular flexibility index (Phi) is 10.1. The van der Waals surface area contributed by atoms with Crippen LogP contribution in [0.2, 0.25) is 0 Å². The maximum Gasteiger partial charge on any atom is 0.408 e. The number of esters is 1. The molecule has 3 N–H and O–H groups in total. The van der Waals surface area contributed by atoms with Gasteiger partial charge >= 0.3 is 12.1 Å². The number of aliphatic hydroxyl groups excluding tert-OH is 1. The van der Waals surface area contributed by atoms with Gasteiger partial charge in [0.1, 0.15) is 17.7 Å². The van der Waals surface area contributed by atoms with Gasteiger partial charge in [-0.25, -0.2) is 4.79 Å². The second kappa shape index (κ2) is 12.5. The third-order valence-electron chi connectivity index (χ3n) is 5.43. The number of carbonyl (C=O) groups excluding carboxylic acids is 4. The molecule has 10 nitrogen and oxygen atoms in total. The molecule has 194 valence electrons. The van der Waals surface area contributed by atoms with Crippen LogP contribution in [0.4, 0.5) is 4.79 Å². The van der Waals surface area contributed by atoms with Crippen LogP contribution in [0.25, 0.3) is 0 Å². The van der Waals surface area contributed by atoms with Gasteiger partial charge in [0.15, 0.2) is 0 Å². The first kappa shape index (κ1) is 28.1. The van der Waals surface area contributed by atoms with E-state index in [2.05, 4.69) is 10.6 Å². The van der Waals surface area contributed by atoms with E-state index in [1.165, 1.54) is 4.90 Å². The predicted octanol–water partition coefficient (Wildman–Crippen LogP) is 1.92. The van der Waals surface area contributed by atoms with Crippen molar-refractivity contribution < 1.29 is 33.8 Å². The lowest BCUT2D eigenvalue weighted by Crippen LogP contribution is -2.55. The summed E-state index contributed by atoms with van der Waals surface area (Å²) in [6, 6.07) is 6.22. The summed E-state index contributed by atoms with van der Waals surface area (Å²) < 4.78 is 10.1. The van der Waals surface area contributed by atoms with Crippen molar-refractivity contribution >= 4 is 23.9 Å². The fourth-order valence-corrected chi connectivity index (χ4v) is 3.68. The highest BCUT2D eigenvalue weighted by Crippen LogP contribution is 2.40. The summed E-state index contributed by atoms with van der Waals surface area (Å²) in [4.78, 5) is 52.4. The lowest BCUT2D eigenvalue weighted by molar-refractivity contribution is -0.145. The van der Waals surface area contributed by atoms with Gasteiger partial charge in [-0.2, -0.15) is 0 Å². The Morgan fingerprint density at radius 1 is 1.17 bits per heavy atom. The highest BCUT2D eigenvalue weighted by atomic mass is 16.6. The standard InChI is InChI=1S/C25H37N3O7/c1-6-34-20(30)12-13-26-22(31)21(17-10-8-7-9-11-17)28(19-14-16(19)2)23(32)18(15-29)27-24(33)35-25(3,4)5/h7-11,16,18-19,21,29H,6,12-15H2,1-5H3,(H,26,31)(H,27,33). The summed E-state index contributed by atoms with van der Waals surface area (Å²) >= 11 is 0. The Morgan fingerprint density at radius 2 is 1.80 bits per heavy atom. The zero-order valence-corrected chi connectivity index (χ0v) is 21.1. The van der Waals surface area contributed by atoms with Gasteiger partial charge in [0.05, 0.1) is 19.6 Å². The topological polar surface area (TPSA) is 134 Å². The Balaban J connectivity index is 2.30. The largest absolute Gasteiger partial charge is 0.466 e. The van der Waals surface area contributed by atoms with Crippen molar-refractivity contribution in [2.75, 3.05) is 19.8 Å². The van der Waals surface area contributed by atoms with Crippen LogP contribution in [-0.2, 0) is 23.9 Å². The maximum absolute atomic E-state index is 13.6.